The standard InChI is InChI=1S/C15H21N3O3/c1-12-6-7-13(14(10-12)18(20)21)16-15(19)11-17-8-4-2-3-5-9-17/h6-7,10H,2-5,8-9,11H2,1H3,(H,16,19). The molecule has 21 heavy (non-hydrogen) atoms. The van der Waals surface area contributed by atoms with Crippen LogP contribution in [0.15, 0.2) is 18.2 Å². The highest BCUT2D eigenvalue weighted by atomic mass is 16.6. The molecule has 0 aromatic heterocycles. The van der Waals surface area contributed by atoms with Crippen LogP contribution >= 0.6 is 0 Å². The number of nitrogens with one attached hydrogen (secondary N) is 1. The van der Waals surface area contributed by atoms with Crippen molar-refractivity contribution in [2.24, 2.45) is 0 Å². The van der Waals surface area contributed by atoms with Crippen molar-refractivity contribution in [2.45, 2.75) is 32.6 Å². The van der Waals surface area contributed by atoms with Gasteiger partial charge in [0, 0.05) is 6.07 Å². The number of likely N-dealkylation sites (tertiary alicyclic amines) is 1. The summed E-state index contributed by atoms with van der Waals surface area (Å²) in [6, 6.07) is 4.82. The van der Waals surface area contributed by atoms with Crippen molar-refractivity contribution in [1.82, 2.24) is 4.90 Å². The number of aryl methyl sites for hydroxylation is 1. The maximum absolute atomic E-state index is 12.1. The summed E-state index contributed by atoms with van der Waals surface area (Å²) >= 11 is 0. The molecule has 1 N–H and O–H groups in total. The monoisotopic (exact) mass is 291 g/mol. The van der Waals surface area contributed by atoms with Crippen molar-refractivity contribution < 1.29 is 9.72 Å². The molecule has 2 rings (SSSR count). The molecule has 114 valence electrons. The van der Waals surface area contributed by atoms with E-state index < -0.39 is 4.92 Å². The summed E-state index contributed by atoms with van der Waals surface area (Å²) in [5.41, 5.74) is 1.01. The van der Waals surface area contributed by atoms with Gasteiger partial charge in [-0.1, -0.05) is 18.9 Å². The van der Waals surface area contributed by atoms with Crippen LogP contribution in [0.3, 0.4) is 0 Å². The summed E-state index contributed by atoms with van der Waals surface area (Å²) in [7, 11) is 0. The van der Waals surface area contributed by atoms with Crippen LogP contribution in [0.2, 0.25) is 0 Å². The minimum Gasteiger partial charge on any atom is -0.319 e. The Balaban J connectivity index is 2.00. The Morgan fingerprint density at radius 3 is 2.57 bits per heavy atom. The molecule has 0 bridgehead atoms. The smallest absolute Gasteiger partial charge is 0.293 e. The van der Waals surface area contributed by atoms with Crippen LogP contribution in [0.5, 0.6) is 0 Å². The van der Waals surface area contributed by atoms with E-state index in [0.717, 1.165) is 31.5 Å². The number of rotatable bonds is 4. The molecule has 0 saturated carbocycles. The third-order valence-electron chi connectivity index (χ3n) is 3.69. The van der Waals surface area contributed by atoms with Gasteiger partial charge >= 0.3 is 0 Å². The van der Waals surface area contributed by atoms with E-state index in [2.05, 4.69) is 10.2 Å². The maximum atomic E-state index is 12.1. The molecule has 1 aliphatic heterocycles. The SMILES string of the molecule is Cc1ccc(NC(=O)CN2CCCCCC2)c([N+](=O)[O-])c1. The average Bonchev–Trinajstić information content (AvgIpc) is 2.69. The molecule has 1 aromatic rings. The summed E-state index contributed by atoms with van der Waals surface area (Å²) < 4.78 is 0. The highest BCUT2D eigenvalue weighted by molar-refractivity contribution is 5.94. The molecule has 1 saturated heterocycles. The van der Waals surface area contributed by atoms with Gasteiger partial charge in [0.15, 0.2) is 0 Å². The zero-order valence-electron chi connectivity index (χ0n) is 12.3. The van der Waals surface area contributed by atoms with Crippen molar-refractivity contribution in [1.29, 1.82) is 0 Å². The van der Waals surface area contributed by atoms with Gasteiger partial charge in [-0.15, -0.1) is 0 Å². The highest BCUT2D eigenvalue weighted by Crippen LogP contribution is 2.25. The molecule has 1 amide bonds. The third kappa shape index (κ3) is 4.53. The number of anilines is 1. The van der Waals surface area contributed by atoms with E-state index in [1.165, 1.54) is 18.9 Å². The minimum absolute atomic E-state index is 0.0563. The summed E-state index contributed by atoms with van der Waals surface area (Å²) in [6.07, 6.45) is 4.64. The fourth-order valence-corrected chi connectivity index (χ4v) is 2.59. The molecule has 6 heteroatoms. The lowest BCUT2D eigenvalue weighted by Crippen LogP contribution is -2.34. The third-order valence-corrected chi connectivity index (χ3v) is 3.69. The summed E-state index contributed by atoms with van der Waals surface area (Å²) in [6.45, 7) is 3.92. The Labute approximate surface area is 124 Å². The number of benzene rings is 1. The van der Waals surface area contributed by atoms with Crippen LogP contribution < -0.4 is 5.32 Å². The van der Waals surface area contributed by atoms with E-state index >= 15 is 0 Å². The van der Waals surface area contributed by atoms with E-state index in [9.17, 15) is 14.9 Å². The molecule has 0 unspecified atom stereocenters. The molecule has 1 aliphatic rings. The van der Waals surface area contributed by atoms with E-state index in [4.69, 9.17) is 0 Å². The van der Waals surface area contributed by atoms with E-state index in [0.29, 0.717) is 6.54 Å². The number of hydrogen-bond acceptors (Lipinski definition) is 4. The van der Waals surface area contributed by atoms with Crippen molar-refractivity contribution in [3.05, 3.63) is 33.9 Å². The summed E-state index contributed by atoms with van der Waals surface area (Å²) in [5.74, 6) is -0.191. The molecule has 0 aliphatic carbocycles. The number of amides is 1. The number of nitrogens with zero attached hydrogens (tertiary/aromatic N) is 2. The second kappa shape index (κ2) is 7.17. The first-order valence-corrected chi connectivity index (χ1v) is 7.33. The number of carbonyl (C=O) groups excluding carboxylic acids is 1. The van der Waals surface area contributed by atoms with Crippen molar-refractivity contribution in [2.75, 3.05) is 25.0 Å². The number of nitro benzene ring substituents is 1. The van der Waals surface area contributed by atoms with Gasteiger partial charge in [-0.25, -0.2) is 0 Å². The van der Waals surface area contributed by atoms with Crippen LogP contribution in [0, 0.1) is 17.0 Å². The lowest BCUT2D eigenvalue weighted by Gasteiger charge is -2.18. The summed E-state index contributed by atoms with van der Waals surface area (Å²) in [5, 5.41) is 13.7. The predicted octanol–water partition coefficient (Wildman–Crippen LogP) is 2.72. The lowest BCUT2D eigenvalue weighted by molar-refractivity contribution is -0.384. The van der Waals surface area contributed by atoms with E-state index in [1.54, 1.807) is 19.1 Å². The van der Waals surface area contributed by atoms with Crippen LogP contribution in [-0.4, -0.2) is 35.4 Å². The predicted molar refractivity (Wildman–Crippen MR) is 81.4 cm³/mol. The fraction of sp³-hybridized carbons (Fsp3) is 0.533. The second-order valence-electron chi connectivity index (χ2n) is 5.52. The Morgan fingerprint density at radius 2 is 1.95 bits per heavy atom. The summed E-state index contributed by atoms with van der Waals surface area (Å²) in [4.78, 5) is 24.8. The lowest BCUT2D eigenvalue weighted by atomic mass is 10.2. The molecule has 1 fully saturated rings. The van der Waals surface area contributed by atoms with Crippen LogP contribution in [0.4, 0.5) is 11.4 Å². The Kier molecular flexibility index (Phi) is 5.27. The van der Waals surface area contributed by atoms with Crippen LogP contribution in [0.1, 0.15) is 31.2 Å². The number of hydrogen-bond donors (Lipinski definition) is 1. The molecular formula is C15H21N3O3. The first-order valence-electron chi connectivity index (χ1n) is 7.33. The van der Waals surface area contributed by atoms with Gasteiger partial charge in [0.2, 0.25) is 5.91 Å². The Hall–Kier alpha value is -1.95. The van der Waals surface area contributed by atoms with Crippen molar-refractivity contribution in [3.63, 3.8) is 0 Å². The normalized spacial score (nSPS) is 16.2. The van der Waals surface area contributed by atoms with Gasteiger partial charge in [-0.2, -0.15) is 0 Å². The molecule has 1 aromatic carbocycles. The first-order chi connectivity index (χ1) is 10.1. The van der Waals surface area contributed by atoms with Gasteiger partial charge in [0.1, 0.15) is 5.69 Å². The maximum Gasteiger partial charge on any atom is 0.293 e. The van der Waals surface area contributed by atoms with Gasteiger partial charge in [0.05, 0.1) is 11.5 Å². The fourth-order valence-electron chi connectivity index (χ4n) is 2.59. The van der Waals surface area contributed by atoms with Gasteiger partial charge in [-0.3, -0.25) is 19.8 Å². The largest absolute Gasteiger partial charge is 0.319 e. The van der Waals surface area contributed by atoms with Gasteiger partial charge < -0.3 is 5.32 Å². The second-order valence-corrected chi connectivity index (χ2v) is 5.52. The highest BCUT2D eigenvalue weighted by Gasteiger charge is 2.18. The topological polar surface area (TPSA) is 75.5 Å². The van der Waals surface area contributed by atoms with Gasteiger partial charge in [-0.05, 0) is 44.5 Å². The van der Waals surface area contributed by atoms with Crippen molar-refractivity contribution in [3.8, 4) is 0 Å². The quantitative estimate of drug-likeness (QED) is 0.683. The molecule has 1 heterocycles. The van der Waals surface area contributed by atoms with Crippen LogP contribution in [0.25, 0.3) is 0 Å². The minimum atomic E-state index is -0.464. The Morgan fingerprint density at radius 1 is 1.29 bits per heavy atom. The molecule has 0 atom stereocenters. The molecule has 0 spiro atoms. The van der Waals surface area contributed by atoms with Gasteiger partial charge in [0.25, 0.3) is 5.69 Å². The number of carbonyl (C=O) groups is 1. The average molecular weight is 291 g/mol. The van der Waals surface area contributed by atoms with E-state index in [-0.39, 0.29) is 17.3 Å². The Bertz CT molecular complexity index is 523. The van der Waals surface area contributed by atoms with Crippen molar-refractivity contribution >= 4 is 17.3 Å². The van der Waals surface area contributed by atoms with Crippen LogP contribution in [-0.2, 0) is 4.79 Å². The zero-order chi connectivity index (χ0) is 15.2. The molecule has 0 radical (unpaired) electrons. The zero-order valence-corrected chi connectivity index (χ0v) is 12.3. The first kappa shape index (κ1) is 15.4. The molecule has 6 nitrogen and oxygen atoms in total. The number of nitro groups is 1. The van der Waals surface area contributed by atoms with E-state index in [1.807, 2.05) is 0 Å². The molecular weight excluding hydrogens is 270 g/mol.